The number of methoxy groups -OCH3 is 1. The van der Waals surface area contributed by atoms with Crippen molar-refractivity contribution in [3.05, 3.63) is 129 Å². The molecule has 0 radical (unpaired) electrons. The van der Waals surface area contributed by atoms with Gasteiger partial charge in [0.2, 0.25) is 0 Å². The number of para-hydroxylation sites is 1. The lowest BCUT2D eigenvalue weighted by Crippen LogP contribution is -2.61. The number of nitrogens with zero attached hydrogens (tertiary/aromatic N) is 1. The topological polar surface area (TPSA) is 78.2 Å². The largest absolute Gasteiger partial charge is 0.468 e. The lowest BCUT2D eigenvalue weighted by molar-refractivity contribution is -0.157. The monoisotopic (exact) mass is 527 g/mol. The van der Waals surface area contributed by atoms with Gasteiger partial charge in [0.25, 0.3) is 5.56 Å². The fraction of sp³-hybridized carbons (Fsp3) is 0.235. The highest BCUT2D eigenvalue weighted by Crippen LogP contribution is 2.66. The van der Waals surface area contributed by atoms with Gasteiger partial charge in [-0.1, -0.05) is 78.9 Å². The molecule has 1 unspecified atom stereocenters. The highest BCUT2D eigenvalue weighted by atomic mass is 16.5. The fourth-order valence-electron chi connectivity index (χ4n) is 8.15. The molecule has 1 saturated heterocycles. The van der Waals surface area contributed by atoms with Crippen molar-refractivity contribution in [2.75, 3.05) is 13.7 Å². The molecule has 1 aliphatic carbocycles. The van der Waals surface area contributed by atoms with E-state index in [1.54, 1.807) is 0 Å². The van der Waals surface area contributed by atoms with Crippen LogP contribution in [0.3, 0.4) is 0 Å². The van der Waals surface area contributed by atoms with Gasteiger partial charge < -0.3 is 14.7 Å². The molecule has 2 aromatic heterocycles. The molecule has 0 spiro atoms. The van der Waals surface area contributed by atoms with E-state index in [4.69, 9.17) is 4.74 Å². The van der Waals surface area contributed by atoms with Crippen LogP contribution in [-0.2, 0) is 21.4 Å². The molecule has 5 atom stereocenters. The first-order valence-electron chi connectivity index (χ1n) is 13.9. The number of pyridine rings is 1. The molecule has 1 fully saturated rings. The number of carbonyl (C=O) groups is 1. The second kappa shape index (κ2) is 8.54. The fourth-order valence-corrected chi connectivity index (χ4v) is 8.15. The van der Waals surface area contributed by atoms with Gasteiger partial charge in [0.15, 0.2) is 0 Å². The van der Waals surface area contributed by atoms with E-state index in [0.29, 0.717) is 12.0 Å². The molecule has 40 heavy (non-hydrogen) atoms. The molecular weight excluding hydrogens is 498 g/mol. The molecule has 9 rings (SSSR count). The van der Waals surface area contributed by atoms with Crippen LogP contribution >= 0.6 is 0 Å². The molecule has 0 amide bonds. The van der Waals surface area contributed by atoms with Gasteiger partial charge in [-0.2, -0.15) is 0 Å². The maximum atomic E-state index is 14.2. The highest BCUT2D eigenvalue weighted by molar-refractivity contribution is 5.92. The van der Waals surface area contributed by atoms with Gasteiger partial charge in [0.1, 0.15) is 5.41 Å². The van der Waals surface area contributed by atoms with E-state index >= 15 is 0 Å². The van der Waals surface area contributed by atoms with Gasteiger partial charge in [-0.3, -0.25) is 14.5 Å². The quantitative estimate of drug-likeness (QED) is 0.292. The van der Waals surface area contributed by atoms with Crippen LogP contribution in [-0.4, -0.2) is 34.5 Å². The van der Waals surface area contributed by atoms with E-state index in [-0.39, 0.29) is 23.5 Å². The van der Waals surface area contributed by atoms with Crippen LogP contribution in [0.25, 0.3) is 22.0 Å². The molecule has 0 saturated carbocycles. The summed E-state index contributed by atoms with van der Waals surface area (Å²) in [5.74, 6) is -0.389. The van der Waals surface area contributed by atoms with E-state index in [0.717, 1.165) is 51.8 Å². The summed E-state index contributed by atoms with van der Waals surface area (Å²) in [7, 11) is 1.47. The Bertz CT molecular complexity index is 1840. The Kier molecular flexibility index (Phi) is 5.01. The zero-order valence-corrected chi connectivity index (χ0v) is 22.2. The Morgan fingerprint density at radius 1 is 0.950 bits per heavy atom. The third kappa shape index (κ3) is 2.97. The zero-order chi connectivity index (χ0) is 27.0. The second-order valence-corrected chi connectivity index (χ2v) is 11.3. The lowest BCUT2D eigenvalue weighted by Gasteiger charge is -2.58. The summed E-state index contributed by atoms with van der Waals surface area (Å²) in [5, 5.41) is 1.13. The minimum absolute atomic E-state index is 0.0241. The summed E-state index contributed by atoms with van der Waals surface area (Å²) in [6.45, 7) is 0.725. The Hall–Kier alpha value is -4.42. The Balaban J connectivity index is 1.48. The summed E-state index contributed by atoms with van der Waals surface area (Å²) in [6, 6.07) is 28.6. The third-order valence-electron chi connectivity index (χ3n) is 9.55. The number of nitrogens with one attached hydrogen (secondary N) is 2. The summed E-state index contributed by atoms with van der Waals surface area (Å²) < 4.78 is 5.64. The number of carbonyl (C=O) groups excluding carboxylic acids is 1. The molecule has 6 nitrogen and oxygen atoms in total. The Morgan fingerprint density at radius 2 is 1.68 bits per heavy atom. The second-order valence-electron chi connectivity index (χ2n) is 11.3. The number of esters is 1. The van der Waals surface area contributed by atoms with Crippen molar-refractivity contribution in [2.45, 2.75) is 36.3 Å². The number of aromatic amines is 2. The van der Waals surface area contributed by atoms with Crippen molar-refractivity contribution in [1.82, 2.24) is 14.9 Å². The lowest BCUT2D eigenvalue weighted by atomic mass is 9.55. The first-order valence-corrected chi connectivity index (χ1v) is 13.9. The van der Waals surface area contributed by atoms with E-state index in [2.05, 4.69) is 63.4 Å². The van der Waals surface area contributed by atoms with Gasteiger partial charge >= 0.3 is 5.97 Å². The van der Waals surface area contributed by atoms with Gasteiger partial charge in [-0.25, -0.2) is 0 Å². The summed E-state index contributed by atoms with van der Waals surface area (Å²) in [4.78, 5) is 37.3. The number of aromatic nitrogens is 2. The normalized spacial score (nSPS) is 26.1. The van der Waals surface area contributed by atoms with Crippen LogP contribution in [0.2, 0.25) is 0 Å². The standard InChI is InChI=1S/C34H29N3O3/c1-40-33(39)34-18-24-27-25(20-10-4-2-5-11-20)19-35-32(38)28(27)31(34)37(29(24)21-12-6-3-7-13-21)17-16-23-22-14-8-9-15-26(22)36-30(23)34/h2-15,19,24,29,31,36H,16-18H2,1H3,(H,35,38)/t24-,29+,31-,34+/m1/s1. The number of fused-ring (bicyclic) bond motifs is 3. The molecule has 3 aromatic carbocycles. The van der Waals surface area contributed by atoms with Crippen molar-refractivity contribution < 1.29 is 9.53 Å². The Morgan fingerprint density at radius 3 is 2.45 bits per heavy atom. The van der Waals surface area contributed by atoms with Crippen LogP contribution in [0.1, 0.15) is 52.4 Å². The minimum Gasteiger partial charge on any atom is -0.468 e. The molecule has 6 heteroatoms. The average molecular weight is 528 g/mol. The van der Waals surface area contributed by atoms with Crippen LogP contribution in [0.15, 0.2) is 95.9 Å². The number of rotatable bonds is 3. The van der Waals surface area contributed by atoms with Gasteiger partial charge in [0.05, 0.1) is 13.2 Å². The Labute approximate surface area is 231 Å². The molecule has 4 aliphatic rings. The van der Waals surface area contributed by atoms with Crippen LogP contribution in [0.5, 0.6) is 0 Å². The van der Waals surface area contributed by atoms with Crippen molar-refractivity contribution in [1.29, 1.82) is 0 Å². The van der Waals surface area contributed by atoms with Crippen molar-refractivity contribution in [3.8, 4) is 11.1 Å². The van der Waals surface area contributed by atoms with Gasteiger partial charge in [-0.05, 0) is 41.2 Å². The molecule has 2 N–H and O–H groups in total. The summed E-state index contributed by atoms with van der Waals surface area (Å²) in [6.07, 6.45) is 3.18. The van der Waals surface area contributed by atoms with Crippen LogP contribution < -0.4 is 5.56 Å². The predicted molar refractivity (Wildman–Crippen MR) is 154 cm³/mol. The SMILES string of the molecule is COC(=O)[C@]12C[C@@H]3c4c(-c5ccccc5)c[nH]c(=O)c4[C@H]1N(CCc1c2[nH]c2ccccc12)[C@H]3c1ccccc1. The van der Waals surface area contributed by atoms with Crippen molar-refractivity contribution >= 4 is 16.9 Å². The maximum absolute atomic E-state index is 14.2. The number of benzene rings is 3. The van der Waals surface area contributed by atoms with Crippen molar-refractivity contribution in [3.63, 3.8) is 0 Å². The number of piperidine rings is 1. The number of hydrogen-bond acceptors (Lipinski definition) is 4. The van der Waals surface area contributed by atoms with E-state index < -0.39 is 11.5 Å². The predicted octanol–water partition coefficient (Wildman–Crippen LogP) is 5.78. The molecule has 198 valence electrons. The minimum atomic E-state index is -1.04. The van der Waals surface area contributed by atoms with E-state index in [1.165, 1.54) is 12.7 Å². The third-order valence-corrected chi connectivity index (χ3v) is 9.55. The first kappa shape index (κ1) is 23.5. The average Bonchev–Trinajstić information content (AvgIpc) is 3.34. The number of H-pyrrole nitrogens is 2. The highest BCUT2D eigenvalue weighted by Gasteiger charge is 2.66. The molecule has 3 aliphatic heterocycles. The number of hydrogen-bond donors (Lipinski definition) is 2. The van der Waals surface area contributed by atoms with E-state index in [9.17, 15) is 9.59 Å². The maximum Gasteiger partial charge on any atom is 0.319 e. The van der Waals surface area contributed by atoms with Gasteiger partial charge in [-0.15, -0.1) is 0 Å². The van der Waals surface area contributed by atoms with Crippen molar-refractivity contribution in [2.24, 2.45) is 0 Å². The molecule has 5 aromatic rings. The van der Waals surface area contributed by atoms with E-state index in [1.807, 2.05) is 42.6 Å². The molecule has 4 bridgehead atoms. The zero-order valence-electron chi connectivity index (χ0n) is 22.2. The number of ether oxygens (including phenoxy) is 1. The summed E-state index contributed by atoms with van der Waals surface area (Å²) in [5.41, 5.74) is 6.95. The first-order chi connectivity index (χ1) is 19.6. The molecular formula is C34H29N3O3. The smallest absolute Gasteiger partial charge is 0.319 e. The summed E-state index contributed by atoms with van der Waals surface area (Å²) >= 11 is 0. The van der Waals surface area contributed by atoms with Gasteiger partial charge in [0, 0.05) is 52.4 Å². The molecule has 5 heterocycles. The van der Waals surface area contributed by atoms with Crippen LogP contribution in [0.4, 0.5) is 0 Å². The van der Waals surface area contributed by atoms with Crippen LogP contribution in [0, 0.1) is 0 Å².